The smallest absolute Gasteiger partial charge is 0.324 e. The van der Waals surface area contributed by atoms with Crippen LogP contribution in [0.2, 0.25) is 0 Å². The maximum Gasteiger partial charge on any atom is 0.324 e. The van der Waals surface area contributed by atoms with Crippen molar-refractivity contribution >= 4 is 12.4 Å². The highest BCUT2D eigenvalue weighted by Crippen LogP contribution is 2.03. The molecular formula is C16H17NO4. The van der Waals surface area contributed by atoms with Crippen molar-refractivity contribution in [3.8, 4) is 0 Å². The van der Waals surface area contributed by atoms with Gasteiger partial charge in [0.25, 0.3) is 0 Å². The minimum atomic E-state index is -1.07. The highest BCUT2D eigenvalue weighted by molar-refractivity contribution is 5.73. The fourth-order valence-electron chi connectivity index (χ4n) is 1.52. The Morgan fingerprint density at radius 2 is 1.52 bits per heavy atom. The zero-order valence-corrected chi connectivity index (χ0v) is 11.4. The Balaban J connectivity index is 0.000000304. The lowest BCUT2D eigenvalue weighted by Gasteiger charge is -2.11. The average Bonchev–Trinajstić information content (AvgIpc) is 2.54. The summed E-state index contributed by atoms with van der Waals surface area (Å²) in [7, 11) is 0. The molecule has 0 amide bonds. The molecule has 0 saturated carbocycles. The molecule has 1 unspecified atom stereocenters. The summed E-state index contributed by atoms with van der Waals surface area (Å²) in [5, 5.41) is 8.80. The number of nitrogens with one attached hydrogen (secondary N) is 1. The minimum absolute atomic E-state index is 0.154. The molecule has 2 rings (SSSR count). The van der Waals surface area contributed by atoms with Crippen molar-refractivity contribution < 1.29 is 19.5 Å². The van der Waals surface area contributed by atoms with Crippen LogP contribution in [-0.4, -0.2) is 23.6 Å². The van der Waals surface area contributed by atoms with Gasteiger partial charge in [0.2, 0.25) is 0 Å². The highest BCUT2D eigenvalue weighted by Gasteiger charge is 2.17. The first kappa shape index (κ1) is 16.4. The number of aliphatic carboxylic acids is 1. The molecule has 0 bridgehead atoms. The molecule has 110 valence electrons. The van der Waals surface area contributed by atoms with Crippen molar-refractivity contribution in [3.63, 3.8) is 0 Å². The highest BCUT2D eigenvalue weighted by atomic mass is 16.7. The molecule has 0 aliphatic heterocycles. The van der Waals surface area contributed by atoms with Gasteiger partial charge in [-0.3, -0.25) is 9.59 Å². The monoisotopic (exact) mass is 287 g/mol. The van der Waals surface area contributed by atoms with Crippen molar-refractivity contribution in [1.29, 1.82) is 0 Å². The van der Waals surface area contributed by atoms with Crippen molar-refractivity contribution in [1.82, 2.24) is 5.48 Å². The summed E-state index contributed by atoms with van der Waals surface area (Å²) in [4.78, 5) is 24.9. The third-order valence-electron chi connectivity index (χ3n) is 2.51. The molecule has 2 aromatic rings. The summed E-state index contributed by atoms with van der Waals surface area (Å²) in [6.45, 7) is 0.154. The van der Waals surface area contributed by atoms with Crippen molar-refractivity contribution in [3.05, 3.63) is 72.3 Å². The fraction of sp³-hybridized carbons (Fsp3) is 0.125. The molecule has 0 aliphatic rings. The van der Waals surface area contributed by atoms with Gasteiger partial charge in [0.15, 0.2) is 0 Å². The van der Waals surface area contributed by atoms with Gasteiger partial charge < -0.3 is 9.94 Å². The summed E-state index contributed by atoms with van der Waals surface area (Å²) < 4.78 is 0. The van der Waals surface area contributed by atoms with E-state index in [0.29, 0.717) is 0 Å². The zero-order valence-electron chi connectivity index (χ0n) is 11.4. The Kier molecular flexibility index (Phi) is 7.94. The Hall–Kier alpha value is -2.66. The van der Waals surface area contributed by atoms with Gasteiger partial charge in [0.05, 0.1) is 0 Å². The third kappa shape index (κ3) is 7.49. The van der Waals surface area contributed by atoms with E-state index in [1.165, 1.54) is 0 Å². The van der Waals surface area contributed by atoms with E-state index in [4.69, 9.17) is 5.11 Å². The predicted octanol–water partition coefficient (Wildman–Crippen LogP) is 2.05. The van der Waals surface area contributed by atoms with E-state index < -0.39 is 12.0 Å². The van der Waals surface area contributed by atoms with Gasteiger partial charge in [0.1, 0.15) is 6.04 Å². The molecule has 0 aliphatic carbocycles. The van der Waals surface area contributed by atoms with Gasteiger partial charge in [-0.2, -0.15) is 0 Å². The average molecular weight is 287 g/mol. The van der Waals surface area contributed by atoms with Crippen LogP contribution in [0, 0.1) is 0 Å². The van der Waals surface area contributed by atoms with Crippen molar-refractivity contribution in [2.75, 3.05) is 0 Å². The standard InChI is InChI=1S/C10H11NO4.C6H6/c12-7-15-11-9(10(13)14)6-8-4-2-1-3-5-8;1-2-4-6-5-3-1/h1-5,7,9,11H,6H2,(H,13,14);1-6H. The number of carboxylic acids is 1. The van der Waals surface area contributed by atoms with Gasteiger partial charge in [-0.25, -0.2) is 0 Å². The number of hydroxylamine groups is 1. The van der Waals surface area contributed by atoms with Crippen LogP contribution in [0.1, 0.15) is 5.56 Å². The quantitative estimate of drug-likeness (QED) is 0.628. The molecule has 0 radical (unpaired) electrons. The molecule has 21 heavy (non-hydrogen) atoms. The van der Waals surface area contributed by atoms with Crippen LogP contribution < -0.4 is 5.48 Å². The summed E-state index contributed by atoms with van der Waals surface area (Å²) in [6.07, 6.45) is 0.254. The van der Waals surface area contributed by atoms with Crippen LogP contribution in [-0.2, 0) is 20.8 Å². The SMILES string of the molecule is O=CONC(Cc1ccccc1)C(=O)O.c1ccccc1. The maximum absolute atomic E-state index is 10.8. The topological polar surface area (TPSA) is 75.6 Å². The molecule has 5 nitrogen and oxygen atoms in total. The van der Waals surface area contributed by atoms with Crippen LogP contribution in [0.5, 0.6) is 0 Å². The van der Waals surface area contributed by atoms with E-state index in [-0.39, 0.29) is 12.9 Å². The lowest BCUT2D eigenvalue weighted by atomic mass is 10.1. The van der Waals surface area contributed by atoms with E-state index in [2.05, 4.69) is 10.3 Å². The fourth-order valence-corrected chi connectivity index (χ4v) is 1.52. The first-order chi connectivity index (χ1) is 10.2. The van der Waals surface area contributed by atoms with Crippen LogP contribution in [0.3, 0.4) is 0 Å². The molecule has 1 atom stereocenters. The minimum Gasteiger partial charge on any atom is -0.480 e. The number of hydrogen-bond acceptors (Lipinski definition) is 4. The number of hydrogen-bond donors (Lipinski definition) is 2. The van der Waals surface area contributed by atoms with Gasteiger partial charge >= 0.3 is 12.4 Å². The van der Waals surface area contributed by atoms with E-state index in [9.17, 15) is 9.59 Å². The lowest BCUT2D eigenvalue weighted by Crippen LogP contribution is -2.38. The molecule has 0 spiro atoms. The molecule has 0 aromatic heterocycles. The van der Waals surface area contributed by atoms with E-state index in [1.54, 1.807) is 12.1 Å². The van der Waals surface area contributed by atoms with Crippen LogP contribution in [0.15, 0.2) is 66.7 Å². The van der Waals surface area contributed by atoms with Gasteiger partial charge in [0, 0.05) is 6.42 Å². The summed E-state index contributed by atoms with van der Waals surface area (Å²) >= 11 is 0. The molecule has 2 aromatic carbocycles. The molecule has 0 saturated heterocycles. The number of carbonyl (C=O) groups is 2. The lowest BCUT2D eigenvalue weighted by molar-refractivity contribution is -0.148. The van der Waals surface area contributed by atoms with Crippen LogP contribution >= 0.6 is 0 Å². The van der Waals surface area contributed by atoms with E-state index in [1.807, 2.05) is 54.6 Å². The first-order valence-electron chi connectivity index (χ1n) is 6.35. The van der Waals surface area contributed by atoms with E-state index in [0.717, 1.165) is 5.56 Å². The first-order valence-corrected chi connectivity index (χ1v) is 6.35. The van der Waals surface area contributed by atoms with Crippen molar-refractivity contribution in [2.45, 2.75) is 12.5 Å². The molecule has 0 fully saturated rings. The maximum atomic E-state index is 10.8. The second-order valence-electron chi connectivity index (χ2n) is 4.07. The number of benzene rings is 2. The number of carbonyl (C=O) groups excluding carboxylic acids is 1. The summed E-state index contributed by atoms with van der Waals surface area (Å²) in [5.74, 6) is -1.07. The van der Waals surface area contributed by atoms with Gasteiger partial charge in [-0.1, -0.05) is 66.7 Å². The number of carboxylic acid groups (broad SMARTS) is 1. The molecule has 2 N–H and O–H groups in total. The molecular weight excluding hydrogens is 270 g/mol. The summed E-state index contributed by atoms with van der Waals surface area (Å²) in [6, 6.07) is 20.1. The third-order valence-corrected chi connectivity index (χ3v) is 2.51. The Bertz CT molecular complexity index is 490. The zero-order chi connectivity index (χ0) is 15.3. The van der Waals surface area contributed by atoms with Crippen LogP contribution in [0.4, 0.5) is 0 Å². The predicted molar refractivity (Wildman–Crippen MR) is 78.3 cm³/mol. The largest absolute Gasteiger partial charge is 0.480 e. The Labute approximate surface area is 123 Å². The van der Waals surface area contributed by atoms with Crippen LogP contribution in [0.25, 0.3) is 0 Å². The van der Waals surface area contributed by atoms with E-state index >= 15 is 0 Å². The van der Waals surface area contributed by atoms with Gasteiger partial charge in [-0.05, 0) is 5.56 Å². The normalized spacial score (nSPS) is 10.7. The second kappa shape index (κ2) is 10.2. The molecule has 0 heterocycles. The second-order valence-corrected chi connectivity index (χ2v) is 4.07. The number of rotatable bonds is 6. The Morgan fingerprint density at radius 3 is 1.95 bits per heavy atom. The molecule has 5 heteroatoms. The summed E-state index contributed by atoms with van der Waals surface area (Å²) in [5.41, 5.74) is 3.00. The van der Waals surface area contributed by atoms with Gasteiger partial charge in [-0.15, -0.1) is 5.48 Å². The van der Waals surface area contributed by atoms with Crippen molar-refractivity contribution in [2.24, 2.45) is 0 Å². The Morgan fingerprint density at radius 1 is 1.05 bits per heavy atom.